The zero-order valence-electron chi connectivity index (χ0n) is 21.3. The molecule has 0 amide bonds. The van der Waals surface area contributed by atoms with E-state index in [4.69, 9.17) is 4.98 Å². The van der Waals surface area contributed by atoms with E-state index in [2.05, 4.69) is 0 Å². The van der Waals surface area contributed by atoms with Gasteiger partial charge in [0.15, 0.2) is 10.8 Å². The lowest BCUT2D eigenvalue weighted by atomic mass is 10.1. The van der Waals surface area contributed by atoms with Gasteiger partial charge in [0.05, 0.1) is 4.90 Å². The van der Waals surface area contributed by atoms with Crippen LogP contribution in [0.2, 0.25) is 0 Å². The Hall–Kier alpha value is -4.23. The van der Waals surface area contributed by atoms with Crippen LogP contribution in [0.4, 0.5) is 10.2 Å². The molecule has 0 radical (unpaired) electrons. The Morgan fingerprint density at radius 2 is 1.29 bits per heavy atom. The molecule has 0 saturated carbocycles. The summed E-state index contributed by atoms with van der Waals surface area (Å²) in [7, 11) is -2.26. The van der Waals surface area contributed by atoms with E-state index >= 15 is 0 Å². The monoisotopic (exact) mass is 525 g/mol. The summed E-state index contributed by atoms with van der Waals surface area (Å²) in [6, 6.07) is 32.5. The molecule has 0 aliphatic rings. The van der Waals surface area contributed by atoms with Crippen LogP contribution in [0.3, 0.4) is 0 Å². The van der Waals surface area contributed by atoms with E-state index in [0.717, 1.165) is 16.7 Å². The highest BCUT2D eigenvalue weighted by Gasteiger charge is 2.32. The Morgan fingerprint density at radius 3 is 1.82 bits per heavy atom. The average molecular weight is 526 g/mol. The van der Waals surface area contributed by atoms with Crippen molar-refractivity contribution in [3.05, 3.63) is 132 Å². The first-order valence-corrected chi connectivity index (χ1v) is 13.8. The minimum Gasteiger partial charge on any atom is -0.346 e. The van der Waals surface area contributed by atoms with Gasteiger partial charge in [0.2, 0.25) is 9.84 Å². The molecule has 1 heterocycles. The zero-order valence-corrected chi connectivity index (χ0v) is 22.1. The van der Waals surface area contributed by atoms with E-state index in [1.54, 1.807) is 48.0 Å². The Labute approximate surface area is 222 Å². The van der Waals surface area contributed by atoms with Crippen LogP contribution >= 0.6 is 0 Å². The maximum Gasteiger partial charge on any atom is 0.225 e. The van der Waals surface area contributed by atoms with Crippen LogP contribution in [0.15, 0.2) is 119 Å². The molecule has 0 unspecified atom stereocenters. The van der Waals surface area contributed by atoms with Crippen molar-refractivity contribution < 1.29 is 12.8 Å². The number of imidazole rings is 1. The van der Waals surface area contributed by atoms with Gasteiger partial charge in [-0.25, -0.2) is 17.8 Å². The topological polar surface area (TPSA) is 55.2 Å². The maximum absolute atomic E-state index is 14.1. The Kier molecular flexibility index (Phi) is 7.11. The molecule has 5 aromatic rings. The number of aryl methyl sites for hydroxylation is 1. The van der Waals surface area contributed by atoms with E-state index < -0.39 is 9.84 Å². The molecule has 1 aromatic heterocycles. The fourth-order valence-electron chi connectivity index (χ4n) is 4.48. The normalized spacial score (nSPS) is 11.4. The highest BCUT2D eigenvalue weighted by Crippen LogP contribution is 2.35. The summed E-state index contributed by atoms with van der Waals surface area (Å²) in [5.41, 5.74) is 3.64. The summed E-state index contributed by atoms with van der Waals surface area (Å²) >= 11 is 0. The van der Waals surface area contributed by atoms with Gasteiger partial charge in [0.1, 0.15) is 11.6 Å². The molecule has 0 saturated heterocycles. The first-order chi connectivity index (χ1) is 18.3. The number of rotatable bonds is 8. The second-order valence-electron chi connectivity index (χ2n) is 9.27. The number of nitrogens with zero attached hydrogens (tertiary/aromatic N) is 3. The fraction of sp³-hybridized carbons (Fsp3) is 0.129. The van der Waals surface area contributed by atoms with Crippen LogP contribution in [0.5, 0.6) is 0 Å². The van der Waals surface area contributed by atoms with Crippen molar-refractivity contribution in [3.8, 4) is 11.4 Å². The van der Waals surface area contributed by atoms with E-state index in [1.807, 2.05) is 72.5 Å². The molecule has 192 valence electrons. The predicted molar refractivity (Wildman–Crippen MR) is 148 cm³/mol. The van der Waals surface area contributed by atoms with Crippen LogP contribution in [0.25, 0.3) is 11.4 Å². The maximum atomic E-state index is 14.1. The van der Waals surface area contributed by atoms with Crippen LogP contribution in [0, 0.1) is 12.7 Å². The van der Waals surface area contributed by atoms with Gasteiger partial charge in [-0.3, -0.25) is 0 Å². The average Bonchev–Trinajstić information content (AvgIpc) is 3.28. The molecular formula is C31H28FN3O2S. The highest BCUT2D eigenvalue weighted by atomic mass is 32.2. The van der Waals surface area contributed by atoms with Crippen molar-refractivity contribution in [1.82, 2.24) is 9.55 Å². The summed E-state index contributed by atoms with van der Waals surface area (Å²) in [5.74, 6) is 0.419. The van der Waals surface area contributed by atoms with Crippen LogP contribution < -0.4 is 4.90 Å². The van der Waals surface area contributed by atoms with Crippen LogP contribution in [-0.4, -0.2) is 18.0 Å². The molecule has 0 aliphatic carbocycles. The number of aromatic nitrogens is 2. The SMILES string of the molecule is Cc1ccc(S(=O)(=O)c2c(N(Cc3ccccc3)Cc3ccccc3)nc(-c3ccc(F)cc3)n2C)cc1. The van der Waals surface area contributed by atoms with E-state index in [9.17, 15) is 12.8 Å². The minimum atomic E-state index is -3.96. The Morgan fingerprint density at radius 1 is 0.763 bits per heavy atom. The largest absolute Gasteiger partial charge is 0.346 e. The summed E-state index contributed by atoms with van der Waals surface area (Å²) in [6.07, 6.45) is 0. The molecule has 0 atom stereocenters. The van der Waals surface area contributed by atoms with E-state index in [0.29, 0.717) is 30.3 Å². The Bertz CT molecular complexity index is 1590. The molecule has 0 fully saturated rings. The first-order valence-electron chi connectivity index (χ1n) is 12.3. The van der Waals surface area contributed by atoms with Gasteiger partial charge in [-0.2, -0.15) is 0 Å². The Balaban J connectivity index is 1.72. The molecule has 38 heavy (non-hydrogen) atoms. The molecule has 0 N–H and O–H groups in total. The summed E-state index contributed by atoms with van der Waals surface area (Å²) in [6.45, 7) is 2.82. The molecule has 5 nitrogen and oxygen atoms in total. The number of sulfone groups is 1. The third kappa shape index (κ3) is 5.24. The number of hydrogen-bond acceptors (Lipinski definition) is 4. The van der Waals surface area contributed by atoms with Gasteiger partial charge in [-0.15, -0.1) is 0 Å². The van der Waals surface area contributed by atoms with Crippen LogP contribution in [-0.2, 0) is 30.0 Å². The van der Waals surface area contributed by atoms with E-state index in [1.165, 1.54) is 12.1 Å². The van der Waals surface area contributed by atoms with Crippen molar-refractivity contribution in [2.45, 2.75) is 29.9 Å². The quantitative estimate of drug-likeness (QED) is 0.230. The van der Waals surface area contributed by atoms with Crippen molar-refractivity contribution in [1.29, 1.82) is 0 Å². The molecule has 5 rings (SSSR count). The standard InChI is InChI=1S/C31H28FN3O2S/c1-23-13-19-28(20-14-23)38(36,37)31-30(33-29(34(31)2)26-15-17-27(32)18-16-26)35(21-24-9-5-3-6-10-24)22-25-11-7-4-8-12-25/h3-20H,21-22H2,1-2H3. The molecule has 4 aromatic carbocycles. The first kappa shape index (κ1) is 25.4. The molecule has 0 aliphatic heterocycles. The van der Waals surface area contributed by atoms with Crippen molar-refractivity contribution in [2.24, 2.45) is 7.05 Å². The molecule has 0 spiro atoms. The number of hydrogen-bond donors (Lipinski definition) is 0. The third-order valence-corrected chi connectivity index (χ3v) is 8.30. The van der Waals surface area contributed by atoms with Gasteiger partial charge >= 0.3 is 0 Å². The lowest BCUT2D eigenvalue weighted by molar-refractivity contribution is 0.585. The van der Waals surface area contributed by atoms with Crippen molar-refractivity contribution >= 4 is 15.7 Å². The summed E-state index contributed by atoms with van der Waals surface area (Å²) in [4.78, 5) is 7.08. The van der Waals surface area contributed by atoms with Gasteiger partial charge < -0.3 is 9.47 Å². The minimum absolute atomic E-state index is 0.0903. The van der Waals surface area contributed by atoms with Crippen molar-refractivity contribution in [2.75, 3.05) is 4.90 Å². The fourth-order valence-corrected chi connectivity index (χ4v) is 6.05. The molecule has 0 bridgehead atoms. The zero-order chi connectivity index (χ0) is 26.7. The van der Waals surface area contributed by atoms with Gasteiger partial charge in [0, 0.05) is 25.7 Å². The number of benzene rings is 4. The third-order valence-electron chi connectivity index (χ3n) is 6.45. The lowest BCUT2D eigenvalue weighted by Crippen LogP contribution is -2.25. The summed E-state index contributed by atoms with van der Waals surface area (Å²) < 4.78 is 43.6. The second-order valence-corrected chi connectivity index (χ2v) is 11.1. The highest BCUT2D eigenvalue weighted by molar-refractivity contribution is 7.91. The van der Waals surface area contributed by atoms with Gasteiger partial charge in [0.25, 0.3) is 0 Å². The number of halogens is 1. The molecular weight excluding hydrogens is 497 g/mol. The summed E-state index contributed by atoms with van der Waals surface area (Å²) in [5, 5.41) is 0.0903. The molecule has 7 heteroatoms. The van der Waals surface area contributed by atoms with Crippen molar-refractivity contribution in [3.63, 3.8) is 0 Å². The lowest BCUT2D eigenvalue weighted by Gasteiger charge is -2.24. The van der Waals surface area contributed by atoms with Crippen LogP contribution in [0.1, 0.15) is 16.7 Å². The van der Waals surface area contributed by atoms with Gasteiger partial charge in [-0.05, 0) is 54.4 Å². The smallest absolute Gasteiger partial charge is 0.225 e. The second kappa shape index (κ2) is 10.6. The van der Waals surface area contributed by atoms with E-state index in [-0.39, 0.29) is 15.7 Å². The predicted octanol–water partition coefficient (Wildman–Crippen LogP) is 6.57. The number of anilines is 1. The van der Waals surface area contributed by atoms with Gasteiger partial charge in [-0.1, -0.05) is 78.4 Å².